The van der Waals surface area contributed by atoms with Gasteiger partial charge in [0.1, 0.15) is 17.6 Å². The summed E-state index contributed by atoms with van der Waals surface area (Å²) in [5, 5.41) is 20.3. The zero-order chi connectivity index (χ0) is 30.2. The van der Waals surface area contributed by atoms with Crippen molar-refractivity contribution < 1.29 is 29.0 Å². The summed E-state index contributed by atoms with van der Waals surface area (Å²) in [6.45, 7) is 3.99. The van der Waals surface area contributed by atoms with Crippen molar-refractivity contribution in [1.29, 1.82) is 0 Å². The standard InChI is InChI=1S/C32H27N3O6S2/c1-17-4-6-19(7-5-17)16-42-32-34-33-31(43-32)35-26(20-8-10-21(11-9-20)30(39)40-3)25(28(37)29(35)38)27(36)22-12-13-24-23(15-22)14-18(2)41-24/h4-13,15,18,26,36H,14,16H2,1-3H3/b27-25+/t18-,26-/m0/s1. The molecular weight excluding hydrogens is 587 g/mol. The van der Waals surface area contributed by atoms with E-state index in [2.05, 4.69) is 10.2 Å². The van der Waals surface area contributed by atoms with E-state index in [0.29, 0.717) is 33.2 Å². The number of ether oxygens (including phenoxy) is 2. The number of hydrogen-bond acceptors (Lipinski definition) is 10. The van der Waals surface area contributed by atoms with Crippen molar-refractivity contribution in [2.24, 2.45) is 0 Å². The normalized spacial score (nSPS) is 18.9. The number of rotatable bonds is 7. The van der Waals surface area contributed by atoms with Gasteiger partial charge in [0.05, 0.1) is 24.3 Å². The first-order valence-electron chi connectivity index (χ1n) is 13.5. The topological polar surface area (TPSA) is 119 Å². The third-order valence-electron chi connectivity index (χ3n) is 7.35. The summed E-state index contributed by atoms with van der Waals surface area (Å²) < 4.78 is 11.2. The van der Waals surface area contributed by atoms with Crippen molar-refractivity contribution in [3.05, 3.63) is 106 Å². The lowest BCUT2D eigenvalue weighted by molar-refractivity contribution is -0.132. The molecule has 1 N–H and O–H groups in total. The number of hydrogen-bond donors (Lipinski definition) is 1. The van der Waals surface area contributed by atoms with E-state index in [-0.39, 0.29) is 22.6 Å². The van der Waals surface area contributed by atoms with E-state index in [0.717, 1.165) is 16.9 Å². The molecule has 0 saturated carbocycles. The maximum absolute atomic E-state index is 13.6. The first kappa shape index (κ1) is 28.6. The highest BCUT2D eigenvalue weighted by Crippen LogP contribution is 2.44. The number of carbonyl (C=O) groups excluding carboxylic acids is 3. The zero-order valence-electron chi connectivity index (χ0n) is 23.6. The fourth-order valence-electron chi connectivity index (χ4n) is 5.18. The molecule has 6 rings (SSSR count). The number of aromatic nitrogens is 2. The maximum atomic E-state index is 13.6. The number of benzene rings is 3. The predicted octanol–water partition coefficient (Wildman–Crippen LogP) is 5.88. The highest BCUT2D eigenvalue weighted by Gasteiger charge is 2.48. The highest BCUT2D eigenvalue weighted by atomic mass is 32.2. The van der Waals surface area contributed by atoms with Crippen molar-refractivity contribution in [3.8, 4) is 5.75 Å². The zero-order valence-corrected chi connectivity index (χ0v) is 25.2. The Labute approximate surface area is 256 Å². The van der Waals surface area contributed by atoms with Gasteiger partial charge in [-0.3, -0.25) is 14.5 Å². The third kappa shape index (κ3) is 5.53. The fraction of sp³-hybridized carbons (Fsp3) is 0.219. The second-order valence-electron chi connectivity index (χ2n) is 10.4. The van der Waals surface area contributed by atoms with Crippen LogP contribution in [0.5, 0.6) is 5.75 Å². The molecule has 2 atom stereocenters. The third-order valence-corrected chi connectivity index (χ3v) is 9.47. The molecular formula is C32H27N3O6S2. The Kier molecular flexibility index (Phi) is 7.76. The summed E-state index contributed by atoms with van der Waals surface area (Å²) in [5.41, 5.74) is 4.34. The molecule has 218 valence electrons. The van der Waals surface area contributed by atoms with E-state index >= 15 is 0 Å². The van der Waals surface area contributed by atoms with Crippen LogP contribution < -0.4 is 9.64 Å². The Bertz CT molecular complexity index is 1760. The summed E-state index contributed by atoms with van der Waals surface area (Å²) in [4.78, 5) is 40.5. The summed E-state index contributed by atoms with van der Waals surface area (Å²) in [6.07, 6.45) is 0.665. The molecule has 0 unspecified atom stereocenters. The van der Waals surface area contributed by atoms with Crippen LogP contribution in [-0.4, -0.2) is 46.2 Å². The van der Waals surface area contributed by atoms with Gasteiger partial charge >= 0.3 is 11.9 Å². The average molecular weight is 614 g/mol. The van der Waals surface area contributed by atoms with Gasteiger partial charge in [-0.25, -0.2) is 4.79 Å². The van der Waals surface area contributed by atoms with E-state index in [1.807, 2.05) is 38.1 Å². The van der Waals surface area contributed by atoms with Gasteiger partial charge in [0.25, 0.3) is 5.78 Å². The van der Waals surface area contributed by atoms with Crippen LogP contribution in [0, 0.1) is 6.92 Å². The lowest BCUT2D eigenvalue weighted by Gasteiger charge is -2.22. The van der Waals surface area contributed by atoms with Crippen LogP contribution in [0.15, 0.2) is 76.6 Å². The first-order valence-corrected chi connectivity index (χ1v) is 15.3. The van der Waals surface area contributed by atoms with Crippen molar-refractivity contribution in [2.75, 3.05) is 12.0 Å². The summed E-state index contributed by atoms with van der Waals surface area (Å²) >= 11 is 2.67. The van der Waals surface area contributed by atoms with Crippen LogP contribution in [0.2, 0.25) is 0 Å². The van der Waals surface area contributed by atoms with Crippen LogP contribution in [0.4, 0.5) is 5.13 Å². The number of esters is 1. The number of aliphatic hydroxyl groups is 1. The van der Waals surface area contributed by atoms with Crippen LogP contribution in [-0.2, 0) is 26.5 Å². The van der Waals surface area contributed by atoms with Crippen LogP contribution >= 0.6 is 23.1 Å². The van der Waals surface area contributed by atoms with E-state index in [9.17, 15) is 19.5 Å². The lowest BCUT2D eigenvalue weighted by atomic mass is 9.94. The van der Waals surface area contributed by atoms with Crippen LogP contribution in [0.1, 0.15) is 51.1 Å². The number of nitrogens with zero attached hydrogens (tertiary/aromatic N) is 3. The number of ketones is 1. The SMILES string of the molecule is COC(=O)c1ccc([C@H]2/C(=C(\O)c3ccc4c(c3)C[C@H](C)O4)C(=O)C(=O)N2c2nnc(SCc3ccc(C)cc3)s2)cc1. The number of methoxy groups -OCH3 is 1. The molecule has 11 heteroatoms. The number of carbonyl (C=O) groups is 3. The first-order chi connectivity index (χ1) is 20.7. The summed E-state index contributed by atoms with van der Waals surface area (Å²) in [5.74, 6) is -1.10. The Balaban J connectivity index is 1.39. The van der Waals surface area contributed by atoms with E-state index < -0.39 is 23.7 Å². The minimum absolute atomic E-state index is 0.00165. The highest BCUT2D eigenvalue weighted by molar-refractivity contribution is 8.00. The average Bonchev–Trinajstić information content (AvgIpc) is 3.71. The Hall–Kier alpha value is -4.48. The molecule has 1 aromatic heterocycles. The van der Waals surface area contributed by atoms with E-state index in [1.54, 1.807) is 42.5 Å². The fourth-order valence-corrected chi connectivity index (χ4v) is 7.00. The van der Waals surface area contributed by atoms with Gasteiger partial charge in [0, 0.05) is 17.7 Å². The van der Waals surface area contributed by atoms with Gasteiger partial charge < -0.3 is 14.6 Å². The maximum Gasteiger partial charge on any atom is 0.337 e. The Morgan fingerprint density at radius 3 is 2.51 bits per heavy atom. The lowest BCUT2D eigenvalue weighted by Crippen LogP contribution is -2.29. The van der Waals surface area contributed by atoms with E-state index in [1.165, 1.54) is 40.7 Å². The van der Waals surface area contributed by atoms with Crippen LogP contribution in [0.25, 0.3) is 5.76 Å². The molecule has 0 aliphatic carbocycles. The number of amides is 1. The molecule has 0 spiro atoms. The van der Waals surface area contributed by atoms with Gasteiger partial charge in [-0.1, -0.05) is 65.1 Å². The number of aryl methyl sites for hydroxylation is 1. The molecule has 3 aromatic carbocycles. The summed E-state index contributed by atoms with van der Waals surface area (Å²) in [6, 6.07) is 18.8. The van der Waals surface area contributed by atoms with Gasteiger partial charge in [0.2, 0.25) is 5.13 Å². The number of aliphatic hydroxyl groups excluding tert-OH is 1. The minimum Gasteiger partial charge on any atom is -0.507 e. The molecule has 2 aliphatic rings. The molecule has 2 aliphatic heterocycles. The monoisotopic (exact) mass is 613 g/mol. The largest absolute Gasteiger partial charge is 0.507 e. The molecule has 4 aromatic rings. The van der Waals surface area contributed by atoms with Gasteiger partial charge in [-0.2, -0.15) is 0 Å². The molecule has 1 saturated heterocycles. The molecule has 3 heterocycles. The van der Waals surface area contributed by atoms with Gasteiger partial charge in [-0.15, -0.1) is 10.2 Å². The predicted molar refractivity (Wildman–Crippen MR) is 163 cm³/mol. The molecule has 43 heavy (non-hydrogen) atoms. The molecule has 0 radical (unpaired) electrons. The van der Waals surface area contributed by atoms with Crippen molar-refractivity contribution in [3.63, 3.8) is 0 Å². The number of Topliss-reactive ketones (excluding diaryl/α,β-unsaturated/α-hetero) is 1. The smallest absolute Gasteiger partial charge is 0.337 e. The molecule has 0 bridgehead atoms. The van der Waals surface area contributed by atoms with Gasteiger partial charge in [0.15, 0.2) is 4.34 Å². The second kappa shape index (κ2) is 11.7. The van der Waals surface area contributed by atoms with Crippen molar-refractivity contribution in [2.45, 2.75) is 42.5 Å². The number of thioether (sulfide) groups is 1. The minimum atomic E-state index is -1.00. The molecule has 1 amide bonds. The molecule has 9 nitrogen and oxygen atoms in total. The van der Waals surface area contributed by atoms with Crippen molar-refractivity contribution in [1.82, 2.24) is 10.2 Å². The molecule has 1 fully saturated rings. The Morgan fingerprint density at radius 2 is 1.79 bits per heavy atom. The number of fused-ring (bicyclic) bond motifs is 1. The summed E-state index contributed by atoms with van der Waals surface area (Å²) in [7, 11) is 1.29. The van der Waals surface area contributed by atoms with Crippen LogP contribution in [0.3, 0.4) is 0 Å². The quantitative estimate of drug-likeness (QED) is 0.0681. The Morgan fingerprint density at radius 1 is 1.07 bits per heavy atom. The van der Waals surface area contributed by atoms with Gasteiger partial charge in [-0.05, 0) is 60.9 Å². The second-order valence-corrected chi connectivity index (χ2v) is 12.5. The van der Waals surface area contributed by atoms with Crippen molar-refractivity contribution >= 4 is 51.6 Å². The van der Waals surface area contributed by atoms with E-state index in [4.69, 9.17) is 9.47 Å². The number of anilines is 1.